The van der Waals surface area contributed by atoms with Crippen LogP contribution in [0.1, 0.15) is 31.1 Å². The van der Waals surface area contributed by atoms with Crippen molar-refractivity contribution in [3.8, 4) is 0 Å². The number of benzene rings is 1. The van der Waals surface area contributed by atoms with Gasteiger partial charge in [-0.15, -0.1) is 16.9 Å². The van der Waals surface area contributed by atoms with Crippen LogP contribution in [0.25, 0.3) is 0 Å². The highest BCUT2D eigenvalue weighted by atomic mass is 32.2. The molecular formula is C13H19N5S. The molecule has 0 saturated heterocycles. The zero-order valence-electron chi connectivity index (χ0n) is 11.2. The normalized spacial score (nSPS) is 12.6. The third-order valence-corrected chi connectivity index (χ3v) is 3.83. The molecule has 1 unspecified atom stereocenters. The molecule has 19 heavy (non-hydrogen) atoms. The zero-order valence-corrected chi connectivity index (χ0v) is 12.0. The van der Waals surface area contributed by atoms with Crippen LogP contribution < -0.4 is 11.3 Å². The summed E-state index contributed by atoms with van der Waals surface area (Å²) >= 11 is 1.83. The van der Waals surface area contributed by atoms with Crippen LogP contribution in [0, 0.1) is 0 Å². The highest BCUT2D eigenvalue weighted by Crippen LogP contribution is 2.24. The topological polar surface area (TPSA) is 68.8 Å². The number of nitrogens with one attached hydrogen (secondary N) is 1. The molecule has 3 N–H and O–H groups in total. The van der Waals surface area contributed by atoms with E-state index in [2.05, 4.69) is 46.9 Å². The van der Waals surface area contributed by atoms with Crippen molar-refractivity contribution in [3.05, 3.63) is 41.7 Å². The average molecular weight is 277 g/mol. The smallest absolute Gasteiger partial charge is 0.0894 e. The first-order chi connectivity index (χ1) is 9.30. The number of hydrogen-bond donors (Lipinski definition) is 2. The lowest BCUT2D eigenvalue weighted by Crippen LogP contribution is -2.30. The third-order valence-electron chi connectivity index (χ3n) is 2.93. The molecule has 1 aromatic heterocycles. The molecule has 0 amide bonds. The van der Waals surface area contributed by atoms with Gasteiger partial charge in [0.05, 0.1) is 17.9 Å². The maximum atomic E-state index is 5.69. The van der Waals surface area contributed by atoms with E-state index in [4.69, 9.17) is 5.84 Å². The second-order valence-corrected chi connectivity index (χ2v) is 5.41. The summed E-state index contributed by atoms with van der Waals surface area (Å²) in [5, 5.41) is 7.99. The van der Waals surface area contributed by atoms with Crippen molar-refractivity contribution in [1.29, 1.82) is 0 Å². The minimum absolute atomic E-state index is 0.0874. The van der Waals surface area contributed by atoms with E-state index in [0.717, 1.165) is 23.6 Å². The Hall–Kier alpha value is -1.37. The Labute approximate surface area is 117 Å². The number of aryl methyl sites for hydroxylation is 1. The number of hydrazine groups is 1. The quantitative estimate of drug-likeness (QED) is 0.480. The van der Waals surface area contributed by atoms with Gasteiger partial charge in [0, 0.05) is 11.4 Å². The molecule has 102 valence electrons. The maximum absolute atomic E-state index is 5.69. The molecule has 0 bridgehead atoms. The van der Waals surface area contributed by atoms with E-state index in [1.165, 1.54) is 4.90 Å². The highest BCUT2D eigenvalue weighted by Gasteiger charge is 2.17. The summed E-state index contributed by atoms with van der Waals surface area (Å²) in [5.41, 5.74) is 4.92. The van der Waals surface area contributed by atoms with Gasteiger partial charge in [-0.25, -0.2) is 10.1 Å². The summed E-state index contributed by atoms with van der Waals surface area (Å²) in [4.78, 5) is 1.27. The number of hydrogen-bond acceptors (Lipinski definition) is 5. The first-order valence-electron chi connectivity index (χ1n) is 6.37. The standard InChI is InChI=1S/C13H19N5S/c1-3-18-12(9-15-17-18)13(16-14)10-5-7-11(8-6-10)19-4-2/h5-9,13,16H,3-4,14H2,1-2H3. The molecule has 0 fully saturated rings. The lowest BCUT2D eigenvalue weighted by atomic mass is 10.1. The molecule has 0 spiro atoms. The van der Waals surface area contributed by atoms with E-state index in [1.807, 2.05) is 23.4 Å². The van der Waals surface area contributed by atoms with Gasteiger partial charge in [0.15, 0.2) is 0 Å². The Bertz CT molecular complexity index is 508. The minimum atomic E-state index is -0.0874. The minimum Gasteiger partial charge on any atom is -0.271 e. The van der Waals surface area contributed by atoms with Crippen LogP contribution in [-0.4, -0.2) is 20.7 Å². The Morgan fingerprint density at radius 3 is 2.63 bits per heavy atom. The fourth-order valence-corrected chi connectivity index (χ4v) is 2.67. The van der Waals surface area contributed by atoms with Gasteiger partial charge < -0.3 is 0 Å². The fourth-order valence-electron chi connectivity index (χ4n) is 2.01. The van der Waals surface area contributed by atoms with Gasteiger partial charge in [0.2, 0.25) is 0 Å². The zero-order chi connectivity index (χ0) is 13.7. The summed E-state index contributed by atoms with van der Waals surface area (Å²) in [5.74, 6) is 6.77. The van der Waals surface area contributed by atoms with Gasteiger partial charge in [-0.1, -0.05) is 24.3 Å². The predicted molar refractivity (Wildman–Crippen MR) is 77.7 cm³/mol. The van der Waals surface area contributed by atoms with Crippen molar-refractivity contribution in [2.24, 2.45) is 5.84 Å². The fraction of sp³-hybridized carbons (Fsp3) is 0.385. The van der Waals surface area contributed by atoms with E-state index >= 15 is 0 Å². The maximum Gasteiger partial charge on any atom is 0.0894 e. The van der Waals surface area contributed by atoms with E-state index in [9.17, 15) is 0 Å². The first kappa shape index (κ1) is 14.0. The van der Waals surface area contributed by atoms with Crippen molar-refractivity contribution >= 4 is 11.8 Å². The van der Waals surface area contributed by atoms with Gasteiger partial charge >= 0.3 is 0 Å². The van der Waals surface area contributed by atoms with Crippen LogP contribution in [0.3, 0.4) is 0 Å². The second-order valence-electron chi connectivity index (χ2n) is 4.08. The van der Waals surface area contributed by atoms with Crippen molar-refractivity contribution < 1.29 is 0 Å². The predicted octanol–water partition coefficient (Wildman–Crippen LogP) is 1.96. The summed E-state index contributed by atoms with van der Waals surface area (Å²) < 4.78 is 1.85. The first-order valence-corrected chi connectivity index (χ1v) is 7.36. The number of aromatic nitrogens is 3. The SMILES string of the molecule is CCSc1ccc(C(NN)c2cnnn2CC)cc1. The lowest BCUT2D eigenvalue weighted by Gasteiger charge is -2.17. The largest absolute Gasteiger partial charge is 0.271 e. The highest BCUT2D eigenvalue weighted by molar-refractivity contribution is 7.99. The molecule has 2 rings (SSSR count). The van der Waals surface area contributed by atoms with Crippen molar-refractivity contribution in [3.63, 3.8) is 0 Å². The second kappa shape index (κ2) is 6.70. The molecule has 0 radical (unpaired) electrons. The van der Waals surface area contributed by atoms with Crippen molar-refractivity contribution in [2.75, 3.05) is 5.75 Å². The Balaban J connectivity index is 2.26. The van der Waals surface area contributed by atoms with Gasteiger partial charge in [0.25, 0.3) is 0 Å². The van der Waals surface area contributed by atoms with Crippen LogP contribution in [0.15, 0.2) is 35.4 Å². The molecule has 0 aliphatic heterocycles. The molecule has 6 heteroatoms. The van der Waals surface area contributed by atoms with Crippen LogP contribution in [0.5, 0.6) is 0 Å². The van der Waals surface area contributed by atoms with E-state index in [1.54, 1.807) is 6.20 Å². The molecule has 2 aromatic rings. The Kier molecular flexibility index (Phi) is 4.95. The number of thioether (sulfide) groups is 1. The monoisotopic (exact) mass is 277 g/mol. The summed E-state index contributed by atoms with van der Waals surface area (Å²) in [6.45, 7) is 4.96. The van der Waals surface area contributed by atoms with Gasteiger partial charge in [-0.05, 0) is 30.4 Å². The van der Waals surface area contributed by atoms with E-state index in [-0.39, 0.29) is 6.04 Å². The van der Waals surface area contributed by atoms with Gasteiger partial charge in [0.1, 0.15) is 0 Å². The third kappa shape index (κ3) is 3.15. The van der Waals surface area contributed by atoms with Gasteiger partial charge in [-0.3, -0.25) is 5.84 Å². The summed E-state index contributed by atoms with van der Waals surface area (Å²) in [6, 6.07) is 8.34. The summed E-state index contributed by atoms with van der Waals surface area (Å²) in [7, 11) is 0. The van der Waals surface area contributed by atoms with Crippen LogP contribution in [0.4, 0.5) is 0 Å². The number of nitrogens with two attached hydrogens (primary N) is 1. The molecule has 0 aliphatic rings. The molecule has 1 aromatic carbocycles. The van der Waals surface area contributed by atoms with Crippen molar-refractivity contribution in [2.45, 2.75) is 31.3 Å². The number of nitrogens with zero attached hydrogens (tertiary/aromatic N) is 3. The molecule has 1 atom stereocenters. The Morgan fingerprint density at radius 2 is 2.05 bits per heavy atom. The lowest BCUT2D eigenvalue weighted by molar-refractivity contribution is 0.535. The summed E-state index contributed by atoms with van der Waals surface area (Å²) in [6.07, 6.45) is 1.75. The van der Waals surface area contributed by atoms with E-state index < -0.39 is 0 Å². The molecule has 5 nitrogen and oxygen atoms in total. The molecule has 1 heterocycles. The number of rotatable bonds is 6. The van der Waals surface area contributed by atoms with Crippen LogP contribution >= 0.6 is 11.8 Å². The molecular weight excluding hydrogens is 258 g/mol. The van der Waals surface area contributed by atoms with E-state index in [0.29, 0.717) is 0 Å². The molecule has 0 aliphatic carbocycles. The van der Waals surface area contributed by atoms with Crippen LogP contribution in [0.2, 0.25) is 0 Å². The van der Waals surface area contributed by atoms with Gasteiger partial charge in [-0.2, -0.15) is 0 Å². The average Bonchev–Trinajstić information content (AvgIpc) is 2.90. The van der Waals surface area contributed by atoms with Crippen molar-refractivity contribution in [1.82, 2.24) is 20.4 Å². The molecule has 0 saturated carbocycles. The van der Waals surface area contributed by atoms with Crippen LogP contribution in [-0.2, 0) is 6.54 Å². The Morgan fingerprint density at radius 1 is 1.32 bits per heavy atom.